The highest BCUT2D eigenvalue weighted by molar-refractivity contribution is 5.98. The molecule has 1 aliphatic heterocycles. The fourth-order valence-corrected chi connectivity index (χ4v) is 3.32. The number of benzene rings is 1. The van der Waals surface area contributed by atoms with Crippen LogP contribution >= 0.6 is 0 Å². The Kier molecular flexibility index (Phi) is 5.30. The predicted octanol–water partition coefficient (Wildman–Crippen LogP) is 2.21. The van der Waals surface area contributed by atoms with E-state index in [9.17, 15) is 14.3 Å². The van der Waals surface area contributed by atoms with Gasteiger partial charge in [-0.3, -0.25) is 14.7 Å². The highest BCUT2D eigenvalue weighted by atomic mass is 19.1. The topological polar surface area (TPSA) is 56.7 Å². The second-order valence-electron chi connectivity index (χ2n) is 6.67. The van der Waals surface area contributed by atoms with Gasteiger partial charge in [-0.2, -0.15) is 0 Å². The molecular formula is C19H24FN3O2. The molecular weight excluding hydrogens is 321 g/mol. The lowest BCUT2D eigenvalue weighted by Crippen LogP contribution is -2.40. The van der Waals surface area contributed by atoms with E-state index in [1.165, 1.54) is 12.1 Å². The molecule has 1 aromatic carbocycles. The van der Waals surface area contributed by atoms with Crippen LogP contribution in [0.2, 0.25) is 0 Å². The van der Waals surface area contributed by atoms with Crippen LogP contribution in [0.5, 0.6) is 0 Å². The minimum atomic E-state index is -0.330. The maximum Gasteiger partial charge on any atom is 0.255 e. The first-order chi connectivity index (χ1) is 12.0. The maximum absolute atomic E-state index is 13.4. The van der Waals surface area contributed by atoms with Gasteiger partial charge in [0.2, 0.25) is 0 Å². The Balaban J connectivity index is 1.82. The molecule has 1 unspecified atom stereocenters. The number of fused-ring (bicyclic) bond motifs is 1. The van der Waals surface area contributed by atoms with Crippen LogP contribution in [0, 0.1) is 12.7 Å². The van der Waals surface area contributed by atoms with Gasteiger partial charge in [0.05, 0.1) is 23.4 Å². The Morgan fingerprint density at radius 3 is 2.84 bits per heavy atom. The van der Waals surface area contributed by atoms with Gasteiger partial charge in [-0.15, -0.1) is 0 Å². The third-order valence-electron chi connectivity index (χ3n) is 4.91. The smallest absolute Gasteiger partial charge is 0.255 e. The summed E-state index contributed by atoms with van der Waals surface area (Å²) in [5.74, 6) is -0.362. The van der Waals surface area contributed by atoms with E-state index >= 15 is 0 Å². The number of aryl methyl sites for hydroxylation is 1. The van der Waals surface area contributed by atoms with E-state index in [2.05, 4.69) is 9.88 Å². The average Bonchev–Trinajstić information content (AvgIpc) is 2.86. The van der Waals surface area contributed by atoms with Crippen molar-refractivity contribution in [2.75, 3.05) is 32.8 Å². The van der Waals surface area contributed by atoms with E-state index in [-0.39, 0.29) is 24.4 Å². The fraction of sp³-hybridized carbons (Fsp3) is 0.474. The predicted molar refractivity (Wildman–Crippen MR) is 95.1 cm³/mol. The SMILES string of the molecule is Cc1nc2cc(F)ccc2cc1C(=O)N1CCCN(C(C)CO)CC1. The molecule has 3 rings (SSSR count). The molecule has 134 valence electrons. The van der Waals surface area contributed by atoms with Gasteiger partial charge in [0.1, 0.15) is 5.82 Å². The van der Waals surface area contributed by atoms with E-state index in [1.54, 1.807) is 19.1 Å². The number of aliphatic hydroxyl groups is 1. The molecule has 6 heteroatoms. The molecule has 1 N–H and O–H groups in total. The maximum atomic E-state index is 13.4. The van der Waals surface area contributed by atoms with Gasteiger partial charge < -0.3 is 10.0 Å². The summed E-state index contributed by atoms with van der Waals surface area (Å²) in [5.41, 5.74) is 1.75. The van der Waals surface area contributed by atoms with Crippen LogP contribution in [0.25, 0.3) is 10.9 Å². The largest absolute Gasteiger partial charge is 0.395 e. The molecule has 0 saturated carbocycles. The van der Waals surface area contributed by atoms with E-state index in [1.807, 2.05) is 11.8 Å². The minimum absolute atomic E-state index is 0.0327. The normalized spacial score (nSPS) is 17.5. The molecule has 1 aliphatic rings. The molecule has 0 bridgehead atoms. The Morgan fingerprint density at radius 2 is 2.08 bits per heavy atom. The molecule has 1 atom stereocenters. The number of pyridine rings is 1. The Hall–Kier alpha value is -2.05. The molecule has 1 aromatic heterocycles. The highest BCUT2D eigenvalue weighted by Crippen LogP contribution is 2.20. The van der Waals surface area contributed by atoms with Crippen molar-refractivity contribution in [1.29, 1.82) is 0 Å². The first kappa shape index (κ1) is 17.8. The molecule has 0 radical (unpaired) electrons. The molecule has 5 nitrogen and oxygen atoms in total. The highest BCUT2D eigenvalue weighted by Gasteiger charge is 2.24. The lowest BCUT2D eigenvalue weighted by Gasteiger charge is -2.26. The summed E-state index contributed by atoms with van der Waals surface area (Å²) < 4.78 is 13.4. The van der Waals surface area contributed by atoms with Gasteiger partial charge in [0, 0.05) is 43.7 Å². The first-order valence-electron chi connectivity index (χ1n) is 8.70. The van der Waals surface area contributed by atoms with Crippen LogP contribution in [-0.2, 0) is 0 Å². The summed E-state index contributed by atoms with van der Waals surface area (Å²) in [5, 5.41) is 10.1. The number of carbonyl (C=O) groups is 1. The van der Waals surface area contributed by atoms with Crippen molar-refractivity contribution >= 4 is 16.8 Å². The summed E-state index contributed by atoms with van der Waals surface area (Å²) in [7, 11) is 0. The van der Waals surface area contributed by atoms with Crippen molar-refractivity contribution in [2.45, 2.75) is 26.3 Å². The average molecular weight is 345 g/mol. The third-order valence-corrected chi connectivity index (χ3v) is 4.91. The summed E-state index contributed by atoms with van der Waals surface area (Å²) in [4.78, 5) is 21.4. The van der Waals surface area contributed by atoms with Crippen molar-refractivity contribution in [3.05, 3.63) is 41.3 Å². The molecule has 0 aliphatic carbocycles. The number of carbonyl (C=O) groups excluding carboxylic acids is 1. The summed E-state index contributed by atoms with van der Waals surface area (Å²) in [6.45, 7) is 6.85. The van der Waals surface area contributed by atoms with E-state index < -0.39 is 0 Å². The van der Waals surface area contributed by atoms with Crippen LogP contribution in [0.1, 0.15) is 29.4 Å². The van der Waals surface area contributed by atoms with Crippen LogP contribution < -0.4 is 0 Å². The Bertz CT molecular complexity index is 781. The molecule has 1 fully saturated rings. The fourth-order valence-electron chi connectivity index (χ4n) is 3.32. The summed E-state index contributed by atoms with van der Waals surface area (Å²) in [6, 6.07) is 6.33. The summed E-state index contributed by atoms with van der Waals surface area (Å²) >= 11 is 0. The van der Waals surface area contributed by atoms with Gasteiger partial charge in [-0.25, -0.2) is 4.39 Å². The lowest BCUT2D eigenvalue weighted by molar-refractivity contribution is 0.0753. The number of nitrogens with zero attached hydrogens (tertiary/aromatic N) is 3. The number of hydrogen-bond acceptors (Lipinski definition) is 4. The molecule has 25 heavy (non-hydrogen) atoms. The Morgan fingerprint density at radius 1 is 1.28 bits per heavy atom. The summed E-state index contributed by atoms with van der Waals surface area (Å²) in [6.07, 6.45) is 0.876. The van der Waals surface area contributed by atoms with Gasteiger partial charge in [-0.1, -0.05) is 0 Å². The van der Waals surface area contributed by atoms with E-state index in [0.29, 0.717) is 29.9 Å². The number of hydrogen-bond donors (Lipinski definition) is 1. The van der Waals surface area contributed by atoms with E-state index in [4.69, 9.17) is 0 Å². The van der Waals surface area contributed by atoms with Gasteiger partial charge >= 0.3 is 0 Å². The Labute approximate surface area is 147 Å². The van der Waals surface area contributed by atoms with Crippen LogP contribution in [0.4, 0.5) is 4.39 Å². The number of aromatic nitrogens is 1. The lowest BCUT2D eigenvalue weighted by atomic mass is 10.1. The van der Waals surface area contributed by atoms with Gasteiger partial charge in [0.25, 0.3) is 5.91 Å². The number of amides is 1. The molecule has 1 saturated heterocycles. The second kappa shape index (κ2) is 7.45. The zero-order valence-electron chi connectivity index (χ0n) is 14.7. The molecule has 0 spiro atoms. The standard InChI is InChI=1S/C19H24FN3O2/c1-13(12-24)22-6-3-7-23(9-8-22)19(25)17-10-15-4-5-16(20)11-18(15)21-14(17)2/h4-5,10-11,13,24H,3,6-9,12H2,1-2H3. The van der Waals surface area contributed by atoms with E-state index in [0.717, 1.165) is 24.9 Å². The molecule has 1 amide bonds. The van der Waals surface area contributed by atoms with Crippen LogP contribution in [-0.4, -0.2) is 64.6 Å². The zero-order valence-corrected chi connectivity index (χ0v) is 14.7. The molecule has 2 aromatic rings. The number of halogens is 1. The second-order valence-corrected chi connectivity index (χ2v) is 6.67. The van der Waals surface area contributed by atoms with Crippen LogP contribution in [0.15, 0.2) is 24.3 Å². The quantitative estimate of drug-likeness (QED) is 0.927. The number of aliphatic hydroxyl groups excluding tert-OH is 1. The number of rotatable bonds is 3. The van der Waals surface area contributed by atoms with Crippen LogP contribution in [0.3, 0.4) is 0 Å². The third kappa shape index (κ3) is 3.80. The monoisotopic (exact) mass is 345 g/mol. The van der Waals surface area contributed by atoms with Crippen molar-refractivity contribution in [2.24, 2.45) is 0 Å². The van der Waals surface area contributed by atoms with Gasteiger partial charge in [0.15, 0.2) is 0 Å². The first-order valence-corrected chi connectivity index (χ1v) is 8.70. The van der Waals surface area contributed by atoms with Crippen molar-refractivity contribution in [1.82, 2.24) is 14.8 Å². The zero-order chi connectivity index (χ0) is 18.0. The molecule has 2 heterocycles. The van der Waals surface area contributed by atoms with Gasteiger partial charge in [-0.05, 0) is 38.5 Å². The van der Waals surface area contributed by atoms with Crippen molar-refractivity contribution in [3.63, 3.8) is 0 Å². The minimum Gasteiger partial charge on any atom is -0.395 e. The van der Waals surface area contributed by atoms with Crippen molar-refractivity contribution in [3.8, 4) is 0 Å². The van der Waals surface area contributed by atoms with Crippen molar-refractivity contribution < 1.29 is 14.3 Å².